The number of aliphatic hydroxyl groups is 2. The molecule has 29 heavy (non-hydrogen) atoms. The number of carboxylic acids is 1. The van der Waals surface area contributed by atoms with Crippen molar-refractivity contribution in [3.63, 3.8) is 0 Å². The maximum absolute atomic E-state index is 11.0. The molecule has 0 bridgehead atoms. The van der Waals surface area contributed by atoms with E-state index < -0.39 is 5.97 Å². The minimum absolute atomic E-state index is 0.0769. The number of hydrogen-bond acceptors (Lipinski definition) is 4. The molecule has 0 aromatic carbocycles. The van der Waals surface area contributed by atoms with Crippen molar-refractivity contribution in [1.29, 1.82) is 0 Å². The van der Waals surface area contributed by atoms with Crippen LogP contribution in [0.1, 0.15) is 71.1 Å². The van der Waals surface area contributed by atoms with Crippen LogP contribution in [-0.4, -0.2) is 60.1 Å². The van der Waals surface area contributed by atoms with Gasteiger partial charge in [0.05, 0.1) is 25.7 Å². The molecule has 5 heteroatoms. The minimum Gasteiger partial charge on any atom is -0.544 e. The molecule has 0 fully saturated rings. The van der Waals surface area contributed by atoms with E-state index in [2.05, 4.69) is 43.4 Å². The Morgan fingerprint density at radius 2 is 1.28 bits per heavy atom. The lowest BCUT2D eigenvalue weighted by atomic mass is 10.1. The van der Waals surface area contributed by atoms with Gasteiger partial charge < -0.3 is 24.6 Å². The monoisotopic (exact) mass is 409 g/mol. The molecule has 0 saturated heterocycles. The van der Waals surface area contributed by atoms with Crippen molar-refractivity contribution >= 4 is 5.97 Å². The van der Waals surface area contributed by atoms with Crippen LogP contribution in [0.15, 0.2) is 36.5 Å². The van der Waals surface area contributed by atoms with Gasteiger partial charge in [-0.05, 0) is 44.9 Å². The van der Waals surface area contributed by atoms with Crippen molar-refractivity contribution in [2.45, 2.75) is 71.1 Å². The molecule has 0 aromatic heterocycles. The lowest BCUT2D eigenvalue weighted by Crippen LogP contribution is -2.57. The highest BCUT2D eigenvalue weighted by atomic mass is 16.4. The number of carboxylic acid groups (broad SMARTS) is 1. The van der Waals surface area contributed by atoms with Gasteiger partial charge in [0.2, 0.25) is 0 Å². The highest BCUT2D eigenvalue weighted by Gasteiger charge is 2.26. The van der Waals surface area contributed by atoms with Gasteiger partial charge in [-0.1, -0.05) is 62.6 Å². The van der Waals surface area contributed by atoms with Crippen molar-refractivity contribution in [1.82, 2.24) is 0 Å². The number of allylic oxidation sites excluding steroid dienone is 6. The van der Waals surface area contributed by atoms with E-state index in [1.807, 2.05) is 0 Å². The van der Waals surface area contributed by atoms with Gasteiger partial charge in [-0.25, -0.2) is 0 Å². The van der Waals surface area contributed by atoms with Gasteiger partial charge in [-0.2, -0.15) is 0 Å². The third-order valence-electron chi connectivity index (χ3n) is 5.15. The van der Waals surface area contributed by atoms with Crippen molar-refractivity contribution in [2.75, 3.05) is 39.4 Å². The molecule has 168 valence electrons. The normalized spacial score (nSPS) is 12.7. The smallest absolute Gasteiger partial charge is 0.119 e. The third kappa shape index (κ3) is 17.2. The zero-order chi connectivity index (χ0) is 21.6. The SMILES string of the molecule is CC/C=C\C/C=C\C/C=C\CCCCCCCC[N+](CCO)(CCO)CC(=O)[O-]. The van der Waals surface area contributed by atoms with Crippen molar-refractivity contribution in [2.24, 2.45) is 0 Å². The first kappa shape index (κ1) is 27.6. The Kier molecular flexibility index (Phi) is 18.9. The number of carbonyl (C=O) groups excluding carboxylic acids is 1. The Bertz CT molecular complexity index is 466. The molecule has 0 heterocycles. The molecule has 5 nitrogen and oxygen atoms in total. The first-order valence-corrected chi connectivity index (χ1v) is 11.3. The summed E-state index contributed by atoms with van der Waals surface area (Å²) in [6, 6.07) is 0. The topological polar surface area (TPSA) is 80.6 Å². The first-order valence-electron chi connectivity index (χ1n) is 11.3. The number of aliphatic carboxylic acids is 1. The summed E-state index contributed by atoms with van der Waals surface area (Å²) in [5.74, 6) is -1.12. The number of quaternary nitrogens is 1. The summed E-state index contributed by atoms with van der Waals surface area (Å²) in [6.07, 6.45) is 24.3. The van der Waals surface area contributed by atoms with Crippen LogP contribution in [0.5, 0.6) is 0 Å². The molecule has 0 spiro atoms. The number of aliphatic hydroxyl groups excluding tert-OH is 2. The Balaban J connectivity index is 3.78. The molecule has 2 N–H and O–H groups in total. The van der Waals surface area contributed by atoms with Crippen molar-refractivity contribution in [3.8, 4) is 0 Å². The van der Waals surface area contributed by atoms with E-state index in [9.17, 15) is 20.1 Å². The fourth-order valence-electron chi connectivity index (χ4n) is 3.51. The van der Waals surface area contributed by atoms with Crippen LogP contribution in [-0.2, 0) is 4.79 Å². The largest absolute Gasteiger partial charge is 0.544 e. The fourth-order valence-corrected chi connectivity index (χ4v) is 3.51. The number of rotatable bonds is 20. The number of hydrogen-bond donors (Lipinski definition) is 2. The van der Waals surface area contributed by atoms with Crippen LogP contribution < -0.4 is 5.11 Å². The predicted octanol–water partition coefficient (Wildman–Crippen LogP) is 3.13. The number of unbranched alkanes of at least 4 members (excludes halogenated alkanes) is 6. The Labute approximate surface area is 178 Å². The second kappa shape index (κ2) is 19.9. The zero-order valence-corrected chi connectivity index (χ0v) is 18.4. The van der Waals surface area contributed by atoms with E-state index in [4.69, 9.17) is 0 Å². The number of carbonyl (C=O) groups is 1. The van der Waals surface area contributed by atoms with Crippen LogP contribution in [0, 0.1) is 0 Å². The summed E-state index contributed by atoms with van der Waals surface area (Å²) >= 11 is 0. The van der Waals surface area contributed by atoms with Crippen LogP contribution in [0.25, 0.3) is 0 Å². The van der Waals surface area contributed by atoms with Crippen LogP contribution in [0.4, 0.5) is 0 Å². The van der Waals surface area contributed by atoms with Crippen LogP contribution in [0.2, 0.25) is 0 Å². The molecule has 0 amide bonds. The van der Waals surface area contributed by atoms with Crippen molar-refractivity contribution < 1.29 is 24.6 Å². The van der Waals surface area contributed by atoms with Gasteiger partial charge in [0.15, 0.2) is 0 Å². The van der Waals surface area contributed by atoms with E-state index in [-0.39, 0.29) is 24.2 Å². The summed E-state index contributed by atoms with van der Waals surface area (Å²) in [6.45, 7) is 3.22. The molecule has 0 radical (unpaired) electrons. The molecule has 0 unspecified atom stereocenters. The van der Waals surface area contributed by atoms with Gasteiger partial charge in [0.25, 0.3) is 0 Å². The second-order valence-corrected chi connectivity index (χ2v) is 7.69. The molecule has 0 atom stereocenters. The Morgan fingerprint density at radius 1 is 0.759 bits per heavy atom. The lowest BCUT2D eigenvalue weighted by Gasteiger charge is -2.38. The summed E-state index contributed by atoms with van der Waals surface area (Å²) in [4.78, 5) is 11.0. The zero-order valence-electron chi connectivity index (χ0n) is 18.4. The molecule has 0 aliphatic heterocycles. The van der Waals surface area contributed by atoms with E-state index in [0.717, 1.165) is 44.9 Å². The molecule has 0 aromatic rings. The van der Waals surface area contributed by atoms with Crippen molar-refractivity contribution in [3.05, 3.63) is 36.5 Å². The number of nitrogens with zero attached hydrogens (tertiary/aromatic N) is 1. The maximum Gasteiger partial charge on any atom is 0.119 e. The predicted molar refractivity (Wildman–Crippen MR) is 118 cm³/mol. The molecule has 0 rings (SSSR count). The van der Waals surface area contributed by atoms with Gasteiger partial charge in [-0.15, -0.1) is 0 Å². The van der Waals surface area contributed by atoms with Gasteiger partial charge in [-0.3, -0.25) is 0 Å². The quantitative estimate of drug-likeness (QED) is 0.184. The van der Waals surface area contributed by atoms with Crippen LogP contribution in [0.3, 0.4) is 0 Å². The lowest BCUT2D eigenvalue weighted by molar-refractivity contribution is -0.923. The average molecular weight is 410 g/mol. The first-order chi connectivity index (χ1) is 14.1. The Hall–Kier alpha value is -1.43. The fraction of sp³-hybridized carbons (Fsp3) is 0.708. The molecule has 0 aliphatic carbocycles. The highest BCUT2D eigenvalue weighted by Crippen LogP contribution is 2.13. The summed E-state index contributed by atoms with van der Waals surface area (Å²) < 4.78 is 0.212. The van der Waals surface area contributed by atoms with Gasteiger partial charge in [0, 0.05) is 0 Å². The van der Waals surface area contributed by atoms with Gasteiger partial charge >= 0.3 is 0 Å². The maximum atomic E-state index is 11.0. The summed E-state index contributed by atoms with van der Waals surface area (Å²) in [7, 11) is 0. The average Bonchev–Trinajstić information content (AvgIpc) is 2.67. The standard InChI is InChI=1S/C24H43NO4/c1-2-3-4-5-6-7-8-9-10-11-12-13-14-15-16-17-18-25(19-21-26,20-22-27)23-24(28)29/h3-4,6-7,9-10,26-27H,2,5,8,11-23H2,1H3/b4-3-,7-6-,10-9-. The molecule has 0 saturated carbocycles. The third-order valence-corrected chi connectivity index (χ3v) is 5.15. The van der Waals surface area contributed by atoms with E-state index in [0.29, 0.717) is 19.6 Å². The molecular formula is C24H43NO4. The minimum atomic E-state index is -1.12. The van der Waals surface area contributed by atoms with E-state index in [1.165, 1.54) is 19.3 Å². The molecular weight excluding hydrogens is 366 g/mol. The summed E-state index contributed by atoms with van der Waals surface area (Å²) in [5.41, 5.74) is 0. The van der Waals surface area contributed by atoms with E-state index >= 15 is 0 Å². The summed E-state index contributed by atoms with van der Waals surface area (Å²) in [5, 5.41) is 29.5. The molecule has 0 aliphatic rings. The van der Waals surface area contributed by atoms with Crippen LogP contribution >= 0.6 is 0 Å². The van der Waals surface area contributed by atoms with Gasteiger partial charge in [0.1, 0.15) is 19.6 Å². The second-order valence-electron chi connectivity index (χ2n) is 7.69. The van der Waals surface area contributed by atoms with E-state index in [1.54, 1.807) is 0 Å². The highest BCUT2D eigenvalue weighted by molar-refractivity contribution is 5.65. The Morgan fingerprint density at radius 3 is 1.83 bits per heavy atom.